The fraction of sp³-hybridized carbons (Fsp3) is 0.182. The second-order valence-corrected chi connectivity index (χ2v) is 4.15. The van der Waals surface area contributed by atoms with Crippen LogP contribution in [-0.4, -0.2) is 20.0 Å². The summed E-state index contributed by atoms with van der Waals surface area (Å²) in [6, 6.07) is 6.33. The molecule has 1 aromatic heterocycles. The molecule has 0 fully saturated rings. The standard InChI is InChI=1S/C11H8ClF3N2O2/c12-6-1-3-7(4-2-6)17-8(10(18)19)5-9(16-17)11(13,14)15/h1-5,10,18-19H. The van der Waals surface area contributed by atoms with Gasteiger partial charge < -0.3 is 10.2 Å². The number of hydrogen-bond donors (Lipinski definition) is 2. The van der Waals surface area contributed by atoms with Crippen LogP contribution < -0.4 is 0 Å². The summed E-state index contributed by atoms with van der Waals surface area (Å²) in [5.74, 6) is 0. The van der Waals surface area contributed by atoms with E-state index in [1.54, 1.807) is 0 Å². The first-order valence-corrected chi connectivity index (χ1v) is 5.46. The molecule has 1 heterocycles. The molecule has 0 saturated carbocycles. The van der Waals surface area contributed by atoms with E-state index in [1.165, 1.54) is 24.3 Å². The van der Waals surface area contributed by atoms with E-state index in [4.69, 9.17) is 21.8 Å². The Morgan fingerprint density at radius 3 is 2.21 bits per heavy atom. The van der Waals surface area contributed by atoms with Gasteiger partial charge in [0, 0.05) is 5.02 Å². The molecule has 0 aliphatic heterocycles. The zero-order chi connectivity index (χ0) is 14.2. The highest BCUT2D eigenvalue weighted by molar-refractivity contribution is 6.30. The van der Waals surface area contributed by atoms with E-state index in [2.05, 4.69) is 5.10 Å². The van der Waals surface area contributed by atoms with Crippen molar-refractivity contribution >= 4 is 11.6 Å². The summed E-state index contributed by atoms with van der Waals surface area (Å²) in [5.41, 5.74) is -1.34. The average Bonchev–Trinajstić information content (AvgIpc) is 2.74. The zero-order valence-electron chi connectivity index (χ0n) is 9.26. The van der Waals surface area contributed by atoms with E-state index < -0.39 is 18.2 Å². The van der Waals surface area contributed by atoms with Gasteiger partial charge in [0.2, 0.25) is 0 Å². The van der Waals surface area contributed by atoms with Crippen molar-refractivity contribution in [2.24, 2.45) is 0 Å². The van der Waals surface area contributed by atoms with E-state index in [-0.39, 0.29) is 11.4 Å². The van der Waals surface area contributed by atoms with Crippen LogP contribution in [0.1, 0.15) is 17.7 Å². The van der Waals surface area contributed by atoms with Crippen LogP contribution in [-0.2, 0) is 6.18 Å². The van der Waals surface area contributed by atoms with Crippen LogP contribution in [0.2, 0.25) is 5.02 Å². The minimum Gasteiger partial charge on any atom is -0.363 e. The summed E-state index contributed by atoms with van der Waals surface area (Å²) in [7, 11) is 0. The second-order valence-electron chi connectivity index (χ2n) is 3.71. The smallest absolute Gasteiger partial charge is 0.363 e. The number of nitrogens with zero attached hydrogens (tertiary/aromatic N) is 2. The van der Waals surface area contributed by atoms with Gasteiger partial charge in [0.15, 0.2) is 12.0 Å². The summed E-state index contributed by atoms with van der Waals surface area (Å²) in [5, 5.41) is 21.9. The molecule has 1 aromatic carbocycles. The van der Waals surface area contributed by atoms with Gasteiger partial charge in [0.25, 0.3) is 0 Å². The summed E-state index contributed by atoms with van der Waals surface area (Å²) in [4.78, 5) is 0. The van der Waals surface area contributed by atoms with Gasteiger partial charge in [-0.1, -0.05) is 11.6 Å². The van der Waals surface area contributed by atoms with Crippen molar-refractivity contribution < 1.29 is 23.4 Å². The minimum atomic E-state index is -4.67. The lowest BCUT2D eigenvalue weighted by molar-refractivity contribution is -0.141. The lowest BCUT2D eigenvalue weighted by Crippen LogP contribution is -2.08. The summed E-state index contributed by atoms with van der Waals surface area (Å²) in [6.45, 7) is 0. The number of alkyl halides is 3. The SMILES string of the molecule is OC(O)c1cc(C(F)(F)F)nn1-c1ccc(Cl)cc1. The van der Waals surface area contributed by atoms with Gasteiger partial charge in [0.05, 0.1) is 5.69 Å². The normalized spacial score (nSPS) is 12.2. The fourth-order valence-corrected chi connectivity index (χ4v) is 1.63. The first-order valence-electron chi connectivity index (χ1n) is 5.08. The number of aromatic nitrogens is 2. The highest BCUT2D eigenvalue weighted by Crippen LogP contribution is 2.31. The van der Waals surface area contributed by atoms with E-state index in [9.17, 15) is 13.2 Å². The molecule has 19 heavy (non-hydrogen) atoms. The highest BCUT2D eigenvalue weighted by Gasteiger charge is 2.35. The zero-order valence-corrected chi connectivity index (χ0v) is 10.0. The average molecular weight is 293 g/mol. The summed E-state index contributed by atoms with van der Waals surface area (Å²) >= 11 is 5.67. The van der Waals surface area contributed by atoms with Gasteiger partial charge in [-0.25, -0.2) is 4.68 Å². The monoisotopic (exact) mass is 292 g/mol. The Balaban J connectivity index is 2.55. The van der Waals surface area contributed by atoms with Crippen molar-refractivity contribution in [1.29, 1.82) is 0 Å². The molecular formula is C11H8ClF3N2O2. The highest BCUT2D eigenvalue weighted by atomic mass is 35.5. The molecule has 8 heteroatoms. The molecule has 2 rings (SSSR count). The molecule has 0 aliphatic carbocycles. The predicted molar refractivity (Wildman–Crippen MR) is 60.8 cm³/mol. The van der Waals surface area contributed by atoms with Gasteiger partial charge in [-0.2, -0.15) is 18.3 Å². The number of aliphatic hydroxyl groups is 2. The Kier molecular flexibility index (Phi) is 3.53. The van der Waals surface area contributed by atoms with Crippen molar-refractivity contribution in [1.82, 2.24) is 9.78 Å². The third-order valence-electron chi connectivity index (χ3n) is 2.36. The Labute approximate surface area is 110 Å². The molecule has 2 N–H and O–H groups in total. The van der Waals surface area contributed by atoms with E-state index in [0.29, 0.717) is 11.1 Å². The van der Waals surface area contributed by atoms with Crippen molar-refractivity contribution in [3.63, 3.8) is 0 Å². The number of hydrogen-bond acceptors (Lipinski definition) is 3. The lowest BCUT2D eigenvalue weighted by Gasteiger charge is -2.08. The van der Waals surface area contributed by atoms with Gasteiger partial charge in [-0.05, 0) is 30.3 Å². The van der Waals surface area contributed by atoms with Crippen LogP contribution in [0, 0.1) is 0 Å². The minimum absolute atomic E-state index is 0.239. The molecule has 4 nitrogen and oxygen atoms in total. The van der Waals surface area contributed by atoms with E-state index >= 15 is 0 Å². The summed E-state index contributed by atoms with van der Waals surface area (Å²) < 4.78 is 38.5. The molecule has 0 saturated heterocycles. The van der Waals surface area contributed by atoms with Crippen molar-refractivity contribution in [2.45, 2.75) is 12.5 Å². The second kappa shape index (κ2) is 4.84. The van der Waals surface area contributed by atoms with Crippen LogP contribution in [0.4, 0.5) is 13.2 Å². The van der Waals surface area contributed by atoms with Crippen molar-refractivity contribution in [2.75, 3.05) is 0 Å². The van der Waals surface area contributed by atoms with Crippen LogP contribution in [0.5, 0.6) is 0 Å². The molecular weight excluding hydrogens is 285 g/mol. The maximum Gasteiger partial charge on any atom is 0.435 e. The molecule has 0 amide bonds. The van der Waals surface area contributed by atoms with E-state index in [0.717, 1.165) is 4.68 Å². The fourth-order valence-electron chi connectivity index (χ4n) is 1.51. The molecule has 2 aromatic rings. The van der Waals surface area contributed by atoms with Crippen LogP contribution in [0.3, 0.4) is 0 Å². The molecule has 102 valence electrons. The largest absolute Gasteiger partial charge is 0.435 e. The Bertz CT molecular complexity index is 579. The predicted octanol–water partition coefficient (Wildman–Crippen LogP) is 2.53. The number of benzene rings is 1. The van der Waals surface area contributed by atoms with Crippen molar-refractivity contribution in [3.8, 4) is 5.69 Å². The van der Waals surface area contributed by atoms with Crippen LogP contribution in [0.15, 0.2) is 30.3 Å². The van der Waals surface area contributed by atoms with Gasteiger partial charge >= 0.3 is 6.18 Å². The quantitative estimate of drug-likeness (QED) is 0.836. The number of aliphatic hydroxyl groups excluding tert-OH is 1. The molecule has 0 atom stereocenters. The number of halogens is 4. The van der Waals surface area contributed by atoms with Crippen molar-refractivity contribution in [3.05, 3.63) is 46.7 Å². The summed E-state index contributed by atoms with van der Waals surface area (Å²) in [6.07, 6.45) is -6.74. The molecule has 0 unspecified atom stereocenters. The van der Waals surface area contributed by atoms with Gasteiger partial charge in [0.1, 0.15) is 5.69 Å². The number of rotatable bonds is 2. The molecule has 0 bridgehead atoms. The molecule has 0 spiro atoms. The Hall–Kier alpha value is -1.57. The first kappa shape index (κ1) is 13.9. The van der Waals surface area contributed by atoms with E-state index in [1.807, 2.05) is 0 Å². The van der Waals surface area contributed by atoms with Crippen LogP contribution in [0.25, 0.3) is 5.69 Å². The Morgan fingerprint density at radius 2 is 1.74 bits per heavy atom. The third-order valence-corrected chi connectivity index (χ3v) is 2.62. The topological polar surface area (TPSA) is 58.3 Å². The van der Waals surface area contributed by atoms with Gasteiger partial charge in [-0.15, -0.1) is 0 Å². The third kappa shape index (κ3) is 2.89. The maximum atomic E-state index is 12.6. The Morgan fingerprint density at radius 1 is 1.16 bits per heavy atom. The lowest BCUT2D eigenvalue weighted by atomic mass is 10.3. The maximum absolute atomic E-state index is 12.6. The van der Waals surface area contributed by atoms with Gasteiger partial charge in [-0.3, -0.25) is 0 Å². The molecule has 0 aliphatic rings. The molecule has 0 radical (unpaired) electrons. The first-order chi connectivity index (χ1) is 8.79. The van der Waals surface area contributed by atoms with Crippen LogP contribution >= 0.6 is 11.6 Å².